The Kier molecular flexibility index (Phi) is 23.8. The normalized spacial score (nSPS) is 15.1. The summed E-state index contributed by atoms with van der Waals surface area (Å²) < 4.78 is 0. The lowest BCUT2D eigenvalue weighted by atomic mass is 10.0. The van der Waals surface area contributed by atoms with E-state index in [0.29, 0.717) is 0 Å². The zero-order valence-electron chi connectivity index (χ0n) is 28.7. The van der Waals surface area contributed by atoms with Gasteiger partial charge in [0.1, 0.15) is 0 Å². The van der Waals surface area contributed by atoms with Crippen LogP contribution in [0.4, 0.5) is 0 Å². The van der Waals surface area contributed by atoms with Gasteiger partial charge in [-0.15, -0.1) is 0 Å². The van der Waals surface area contributed by atoms with Crippen LogP contribution in [-0.4, -0.2) is 0 Å². The van der Waals surface area contributed by atoms with Gasteiger partial charge in [-0.1, -0.05) is 102 Å². The Morgan fingerprint density at radius 1 is 0.400 bits per heavy atom. The van der Waals surface area contributed by atoms with Crippen LogP contribution in [-0.2, 0) is 0 Å². The Morgan fingerprint density at radius 3 is 0.900 bits per heavy atom. The summed E-state index contributed by atoms with van der Waals surface area (Å²) in [7, 11) is 0. The lowest BCUT2D eigenvalue weighted by Gasteiger charge is -2.06. The van der Waals surface area contributed by atoms with Crippen molar-refractivity contribution < 1.29 is 0 Å². The maximum atomic E-state index is 2.46. The van der Waals surface area contributed by atoms with Gasteiger partial charge < -0.3 is 0 Å². The summed E-state index contributed by atoms with van der Waals surface area (Å²) in [5, 5.41) is 0. The van der Waals surface area contributed by atoms with E-state index in [4.69, 9.17) is 0 Å². The van der Waals surface area contributed by atoms with E-state index in [1.54, 1.807) is 11.1 Å². The fourth-order valence-electron chi connectivity index (χ4n) is 4.75. The Labute approximate surface area is 252 Å². The fraction of sp³-hybridized carbons (Fsp3) is 0.650. The van der Waals surface area contributed by atoms with Gasteiger partial charge in [-0.25, -0.2) is 0 Å². The van der Waals surface area contributed by atoms with E-state index in [2.05, 4.69) is 112 Å². The highest BCUT2D eigenvalue weighted by Gasteiger charge is 1.98. The first-order valence-corrected chi connectivity index (χ1v) is 16.6. The molecule has 0 N–H and O–H groups in total. The van der Waals surface area contributed by atoms with Crippen molar-refractivity contribution in [3.8, 4) is 0 Å². The van der Waals surface area contributed by atoms with E-state index >= 15 is 0 Å². The molecule has 0 unspecified atom stereocenters. The Morgan fingerprint density at radius 2 is 0.650 bits per heavy atom. The SMILES string of the molecule is CC[C@@H](C)CC/C=C(\C)CC/C=C(\C)CC/C=C(\C)CC/C=C(\C)CC/C=C(\C)CC/C=C(\C)CCC=C(C)C. The smallest absolute Gasteiger partial charge is 0.0288 e. The molecule has 1 atom stereocenters. The van der Waals surface area contributed by atoms with E-state index < -0.39 is 0 Å². The van der Waals surface area contributed by atoms with E-state index in [9.17, 15) is 0 Å². The molecule has 0 nitrogen and oxygen atoms in total. The van der Waals surface area contributed by atoms with Gasteiger partial charge in [0.25, 0.3) is 0 Å². The first-order valence-electron chi connectivity index (χ1n) is 16.6. The zero-order chi connectivity index (χ0) is 30.2. The molecule has 0 saturated heterocycles. The average Bonchev–Trinajstić information content (AvgIpc) is 2.88. The van der Waals surface area contributed by atoms with Crippen LogP contribution in [0.15, 0.2) is 81.5 Å². The van der Waals surface area contributed by atoms with E-state index in [0.717, 1.165) is 5.92 Å². The molecule has 0 fully saturated rings. The summed E-state index contributed by atoms with van der Waals surface area (Å²) in [6.45, 7) is 22.8. The average molecular weight is 549 g/mol. The molecular weight excluding hydrogens is 480 g/mol. The van der Waals surface area contributed by atoms with Crippen LogP contribution >= 0.6 is 0 Å². The topological polar surface area (TPSA) is 0 Å². The van der Waals surface area contributed by atoms with Crippen LogP contribution in [0.25, 0.3) is 0 Å². The van der Waals surface area contributed by atoms with Crippen molar-refractivity contribution in [2.75, 3.05) is 0 Å². The third-order valence-corrected chi connectivity index (χ3v) is 8.10. The summed E-state index contributed by atoms with van der Waals surface area (Å²) in [6.07, 6.45) is 35.2. The lowest BCUT2D eigenvalue weighted by molar-refractivity contribution is 0.521. The maximum absolute atomic E-state index is 2.46. The molecule has 0 rings (SSSR count). The molecule has 0 aliphatic rings. The lowest BCUT2D eigenvalue weighted by Crippen LogP contribution is -1.90. The van der Waals surface area contributed by atoms with Crippen LogP contribution in [0.1, 0.15) is 166 Å². The highest BCUT2D eigenvalue weighted by Crippen LogP contribution is 2.17. The molecule has 0 heterocycles. The molecule has 40 heavy (non-hydrogen) atoms. The molecule has 228 valence electrons. The molecule has 0 heteroatoms. The van der Waals surface area contributed by atoms with Crippen LogP contribution in [0.2, 0.25) is 0 Å². The molecule has 0 aliphatic carbocycles. The van der Waals surface area contributed by atoms with Gasteiger partial charge in [-0.2, -0.15) is 0 Å². The summed E-state index contributed by atoms with van der Waals surface area (Å²) in [6, 6.07) is 0. The molecule has 0 aromatic heterocycles. The minimum atomic E-state index is 0.856. The number of rotatable bonds is 22. The van der Waals surface area contributed by atoms with Gasteiger partial charge in [0.15, 0.2) is 0 Å². The van der Waals surface area contributed by atoms with Gasteiger partial charge in [-0.05, 0) is 151 Å². The highest BCUT2D eigenvalue weighted by atomic mass is 14.0. The third kappa shape index (κ3) is 25.2. The first kappa shape index (κ1) is 38.2. The van der Waals surface area contributed by atoms with Crippen molar-refractivity contribution in [2.24, 2.45) is 5.92 Å². The standard InChI is InChI=1S/C40H68/c1-11-34(4)20-13-22-36(6)24-15-26-38(8)28-17-30-40(10)32-18-31-39(9)29-16-27-37(7)25-14-23-35(5)21-12-19-33(2)3/h19,22-23,26-27,30-31,34H,11-18,20-21,24-25,28-29,32H2,1-10H3/b35-23+,36-22+,37-27+,38-26+,39-31+,40-30+/t34-/m1/s1. The molecule has 0 spiro atoms. The summed E-state index contributed by atoms with van der Waals surface area (Å²) in [4.78, 5) is 0. The maximum Gasteiger partial charge on any atom is -0.0288 e. The molecule has 0 aliphatic heterocycles. The Balaban J connectivity index is 4.16. The minimum Gasteiger partial charge on any atom is -0.0856 e. The number of allylic oxidation sites excluding steroid dienone is 14. The fourth-order valence-corrected chi connectivity index (χ4v) is 4.75. The Bertz CT molecular complexity index is 873. The second-order valence-electron chi connectivity index (χ2n) is 12.9. The zero-order valence-corrected chi connectivity index (χ0v) is 28.7. The van der Waals surface area contributed by atoms with Crippen LogP contribution in [0.5, 0.6) is 0 Å². The van der Waals surface area contributed by atoms with Crippen molar-refractivity contribution in [3.05, 3.63) is 81.5 Å². The quantitative estimate of drug-likeness (QED) is 0.118. The first-order chi connectivity index (χ1) is 19.0. The molecule has 0 bridgehead atoms. The number of hydrogen-bond acceptors (Lipinski definition) is 0. The van der Waals surface area contributed by atoms with Crippen LogP contribution in [0, 0.1) is 5.92 Å². The second kappa shape index (κ2) is 24.9. The predicted molar refractivity (Wildman–Crippen MR) is 186 cm³/mol. The summed E-state index contributed by atoms with van der Waals surface area (Å²) >= 11 is 0. The van der Waals surface area contributed by atoms with Gasteiger partial charge in [-0.3, -0.25) is 0 Å². The summed E-state index contributed by atoms with van der Waals surface area (Å²) in [5.41, 5.74) is 10.7. The van der Waals surface area contributed by atoms with Gasteiger partial charge in [0.05, 0.1) is 0 Å². The van der Waals surface area contributed by atoms with Crippen molar-refractivity contribution in [1.82, 2.24) is 0 Å². The van der Waals surface area contributed by atoms with Gasteiger partial charge in [0, 0.05) is 0 Å². The molecule has 0 aromatic rings. The van der Waals surface area contributed by atoms with E-state index in [1.165, 1.54) is 124 Å². The largest absolute Gasteiger partial charge is 0.0856 e. The minimum absolute atomic E-state index is 0.856. The van der Waals surface area contributed by atoms with Crippen molar-refractivity contribution in [1.29, 1.82) is 0 Å². The molecule has 0 aromatic carbocycles. The van der Waals surface area contributed by atoms with Crippen LogP contribution in [0.3, 0.4) is 0 Å². The molecule has 0 amide bonds. The summed E-state index contributed by atoms with van der Waals surface area (Å²) in [5.74, 6) is 0.856. The monoisotopic (exact) mass is 549 g/mol. The van der Waals surface area contributed by atoms with E-state index in [1.807, 2.05) is 0 Å². The third-order valence-electron chi connectivity index (χ3n) is 8.10. The van der Waals surface area contributed by atoms with E-state index in [-0.39, 0.29) is 0 Å². The highest BCUT2D eigenvalue weighted by molar-refractivity contribution is 5.09. The van der Waals surface area contributed by atoms with Crippen molar-refractivity contribution in [3.63, 3.8) is 0 Å². The molecular formula is C40H68. The second-order valence-corrected chi connectivity index (χ2v) is 12.9. The molecule has 0 saturated carbocycles. The van der Waals surface area contributed by atoms with Gasteiger partial charge >= 0.3 is 0 Å². The van der Waals surface area contributed by atoms with Crippen molar-refractivity contribution >= 4 is 0 Å². The number of hydrogen-bond donors (Lipinski definition) is 0. The van der Waals surface area contributed by atoms with Crippen molar-refractivity contribution in [2.45, 2.75) is 166 Å². The Hall–Kier alpha value is -1.82. The molecule has 0 radical (unpaired) electrons. The van der Waals surface area contributed by atoms with Gasteiger partial charge in [0.2, 0.25) is 0 Å². The van der Waals surface area contributed by atoms with Crippen LogP contribution < -0.4 is 0 Å². The predicted octanol–water partition coefficient (Wildman–Crippen LogP) is 14.1.